The molecule has 0 spiro atoms. The van der Waals surface area contributed by atoms with Crippen molar-refractivity contribution >= 4 is 43.0 Å². The molecule has 7 heteroatoms. The highest BCUT2D eigenvalue weighted by atomic mass is 35.5. The largest absolute Gasteiger partial charge is 0.497 e. The van der Waals surface area contributed by atoms with E-state index in [0.717, 1.165) is 17.7 Å². The van der Waals surface area contributed by atoms with Crippen molar-refractivity contribution in [3.8, 4) is 5.75 Å². The molecule has 0 bridgehead atoms. The van der Waals surface area contributed by atoms with Crippen LogP contribution in [0.25, 0.3) is 6.08 Å². The molecule has 0 radical (unpaired) electrons. The molecule has 2 aromatic rings. The summed E-state index contributed by atoms with van der Waals surface area (Å²) in [6.45, 7) is 0. The van der Waals surface area contributed by atoms with Gasteiger partial charge in [-0.2, -0.15) is 0 Å². The number of ether oxygens (including phenoxy) is 1. The van der Waals surface area contributed by atoms with Crippen molar-refractivity contribution in [2.45, 2.75) is 18.0 Å². The van der Waals surface area contributed by atoms with Gasteiger partial charge in [-0.15, -0.1) is 0 Å². The molecule has 4 nitrogen and oxygen atoms in total. The number of carbonyl (C=O) groups is 1. The molecule has 3 unspecified atom stereocenters. The van der Waals surface area contributed by atoms with E-state index in [9.17, 15) is 9.36 Å². The minimum Gasteiger partial charge on any atom is -0.497 e. The van der Waals surface area contributed by atoms with E-state index in [1.54, 1.807) is 19.0 Å². The number of methoxy groups -OCH3 is 1. The zero-order valence-electron chi connectivity index (χ0n) is 13.9. The van der Waals surface area contributed by atoms with Crippen LogP contribution in [0, 0.1) is 0 Å². The molecule has 0 amide bonds. The minimum atomic E-state index is -1.93. The van der Waals surface area contributed by atoms with Crippen LogP contribution in [-0.2, 0) is 4.57 Å². The van der Waals surface area contributed by atoms with E-state index in [1.807, 2.05) is 24.3 Å². The average molecular weight is 411 g/mol. The average Bonchev–Trinajstić information content (AvgIpc) is 3.39. The molecule has 1 saturated carbocycles. The van der Waals surface area contributed by atoms with Crippen LogP contribution < -0.4 is 4.74 Å². The molecule has 3 atom stereocenters. The number of halogens is 2. The minimum absolute atomic E-state index is 0.0602. The summed E-state index contributed by atoms with van der Waals surface area (Å²) in [7, 11) is -0.307. The Bertz CT molecular complexity index is 887. The van der Waals surface area contributed by atoms with Crippen LogP contribution >= 0.6 is 31.0 Å². The van der Waals surface area contributed by atoms with Crippen molar-refractivity contribution in [3.05, 3.63) is 69.0 Å². The second kappa shape index (κ2) is 7.87. The molecule has 1 aliphatic carbocycles. The highest BCUT2D eigenvalue weighted by Gasteiger charge is 2.41. The van der Waals surface area contributed by atoms with E-state index >= 15 is 0 Å². The summed E-state index contributed by atoms with van der Waals surface area (Å²) < 4.78 is 17.8. The van der Waals surface area contributed by atoms with Gasteiger partial charge >= 0.3 is 5.97 Å². The molecule has 1 aliphatic rings. The molecular weight excluding hydrogens is 394 g/mol. The Morgan fingerprint density at radius 3 is 2.58 bits per heavy atom. The van der Waals surface area contributed by atoms with Gasteiger partial charge in [-0.3, -0.25) is 0 Å². The van der Waals surface area contributed by atoms with Crippen molar-refractivity contribution in [2.75, 3.05) is 7.11 Å². The van der Waals surface area contributed by atoms with Crippen LogP contribution in [0.15, 0.2) is 42.2 Å². The van der Waals surface area contributed by atoms with Crippen LogP contribution in [0.5, 0.6) is 5.75 Å². The number of carboxylic acid groups (broad SMARTS) is 1. The summed E-state index contributed by atoms with van der Waals surface area (Å²) in [6, 6.07) is 10.8. The highest BCUT2D eigenvalue weighted by molar-refractivity contribution is 7.49. The maximum atomic E-state index is 12.6. The highest BCUT2D eigenvalue weighted by Crippen LogP contribution is 2.56. The summed E-state index contributed by atoms with van der Waals surface area (Å²) in [6.07, 6.45) is 2.57. The third-order valence-electron chi connectivity index (χ3n) is 4.40. The smallest absolute Gasteiger partial charge is 0.338 e. The topological polar surface area (TPSA) is 63.6 Å². The monoisotopic (exact) mass is 410 g/mol. The van der Waals surface area contributed by atoms with Crippen LogP contribution in [0.4, 0.5) is 0 Å². The normalized spacial score (nSPS) is 20.1. The molecule has 0 heterocycles. The third-order valence-corrected chi connectivity index (χ3v) is 6.86. The lowest BCUT2D eigenvalue weighted by Crippen LogP contribution is -1.99. The number of hydrogen-bond acceptors (Lipinski definition) is 3. The molecule has 1 fully saturated rings. The molecular formula is C19H17Cl2O4P. The summed E-state index contributed by atoms with van der Waals surface area (Å²) in [5.74, 6) is 1.58. The predicted octanol–water partition coefficient (Wildman–Crippen LogP) is 5.79. The van der Waals surface area contributed by atoms with E-state index in [-0.39, 0.29) is 27.2 Å². The molecule has 0 aliphatic heterocycles. The van der Waals surface area contributed by atoms with Crippen molar-refractivity contribution in [2.24, 2.45) is 0 Å². The first-order valence-corrected chi connectivity index (χ1v) is 10.3. The van der Waals surface area contributed by atoms with Crippen molar-refractivity contribution in [1.82, 2.24) is 0 Å². The summed E-state index contributed by atoms with van der Waals surface area (Å²) in [4.78, 5) is 11.1. The summed E-state index contributed by atoms with van der Waals surface area (Å²) >= 11 is 11.9. The van der Waals surface area contributed by atoms with Gasteiger partial charge < -0.3 is 14.4 Å². The number of carboxylic acids is 1. The number of aromatic carboxylic acids is 1. The van der Waals surface area contributed by atoms with E-state index in [1.165, 1.54) is 12.1 Å². The Kier molecular flexibility index (Phi) is 5.76. The van der Waals surface area contributed by atoms with Gasteiger partial charge in [0.05, 0.1) is 22.7 Å². The van der Waals surface area contributed by atoms with Gasteiger partial charge in [0.15, 0.2) is 0 Å². The number of rotatable bonds is 6. The van der Waals surface area contributed by atoms with Crippen molar-refractivity contribution in [3.63, 3.8) is 0 Å². The van der Waals surface area contributed by atoms with E-state index in [0.29, 0.717) is 5.56 Å². The zero-order valence-corrected chi connectivity index (χ0v) is 16.4. The molecule has 2 aromatic carbocycles. The lowest BCUT2D eigenvalue weighted by atomic mass is 10.1. The van der Waals surface area contributed by atoms with E-state index in [2.05, 4.69) is 0 Å². The SMILES string of the molecule is COc1cccc(C2CC2[PH](=O)/C=C/c2cc(Cl)c(C(=O)O)c(Cl)c2)c1. The van der Waals surface area contributed by atoms with Gasteiger partial charge in [0.25, 0.3) is 0 Å². The van der Waals surface area contributed by atoms with Gasteiger partial charge in [-0.25, -0.2) is 4.79 Å². The third kappa shape index (κ3) is 4.15. The molecule has 0 saturated heterocycles. The maximum absolute atomic E-state index is 12.6. The van der Waals surface area contributed by atoms with Crippen LogP contribution in [-0.4, -0.2) is 23.8 Å². The molecule has 3 rings (SSSR count). The summed E-state index contributed by atoms with van der Waals surface area (Å²) in [5, 5.41) is 9.19. The van der Waals surface area contributed by atoms with Crippen molar-refractivity contribution in [1.29, 1.82) is 0 Å². The fourth-order valence-corrected chi connectivity index (χ4v) is 5.29. The Balaban J connectivity index is 1.70. The van der Waals surface area contributed by atoms with E-state index in [4.69, 9.17) is 33.0 Å². The Labute approximate surface area is 162 Å². The van der Waals surface area contributed by atoms with Crippen molar-refractivity contribution < 1.29 is 19.2 Å². The molecule has 136 valence electrons. The second-order valence-electron chi connectivity index (χ2n) is 6.13. The Morgan fingerprint density at radius 2 is 1.96 bits per heavy atom. The van der Waals surface area contributed by atoms with Gasteiger partial charge in [-0.1, -0.05) is 41.4 Å². The second-order valence-corrected chi connectivity index (χ2v) is 8.82. The standard InChI is InChI=1S/C19H17Cl2O4P/c1-25-13-4-2-3-12(9-13)14-10-17(14)26(24)6-5-11-7-15(20)18(19(22)23)16(21)8-11/h2-9,14,17,26H,10H2,1H3,(H,22,23)/b6-5+. The fraction of sp³-hybridized carbons (Fsp3) is 0.211. The predicted molar refractivity (Wildman–Crippen MR) is 106 cm³/mol. The summed E-state index contributed by atoms with van der Waals surface area (Å²) in [5.41, 5.74) is 1.77. The fourth-order valence-electron chi connectivity index (χ4n) is 2.95. The number of hydrogen-bond donors (Lipinski definition) is 1. The molecule has 0 aromatic heterocycles. The first-order chi connectivity index (χ1) is 12.4. The van der Waals surface area contributed by atoms with Gasteiger partial charge in [0.1, 0.15) is 13.6 Å². The van der Waals surface area contributed by atoms with Crippen LogP contribution in [0.1, 0.15) is 33.8 Å². The maximum Gasteiger partial charge on any atom is 0.338 e. The quantitative estimate of drug-likeness (QED) is 0.612. The van der Waals surface area contributed by atoms with Crippen LogP contribution in [0.2, 0.25) is 10.0 Å². The zero-order chi connectivity index (χ0) is 18.8. The van der Waals surface area contributed by atoms with Gasteiger partial charge in [-0.05, 0) is 53.5 Å². The lowest BCUT2D eigenvalue weighted by Gasteiger charge is -2.04. The van der Waals surface area contributed by atoms with Gasteiger partial charge in [0.2, 0.25) is 0 Å². The Morgan fingerprint density at radius 1 is 1.27 bits per heavy atom. The van der Waals surface area contributed by atoms with Crippen LogP contribution in [0.3, 0.4) is 0 Å². The molecule has 1 N–H and O–H groups in total. The number of benzene rings is 2. The lowest BCUT2D eigenvalue weighted by molar-refractivity contribution is 0.0697. The van der Waals surface area contributed by atoms with E-state index < -0.39 is 13.8 Å². The molecule has 26 heavy (non-hydrogen) atoms. The van der Waals surface area contributed by atoms with Gasteiger partial charge in [0, 0.05) is 5.66 Å². The first-order valence-electron chi connectivity index (χ1n) is 7.99. The Hall–Kier alpha value is -1.74. The first kappa shape index (κ1) is 19.0.